The van der Waals surface area contributed by atoms with E-state index < -0.39 is 10.0 Å². The second-order valence-corrected chi connectivity index (χ2v) is 7.94. The summed E-state index contributed by atoms with van der Waals surface area (Å²) in [7, 11) is -3.08. The van der Waals surface area contributed by atoms with Crippen LogP contribution in [-0.2, 0) is 16.6 Å². The molecular formula is C11H18N2O2S2. The van der Waals surface area contributed by atoms with Crippen molar-refractivity contribution in [3.63, 3.8) is 0 Å². The Labute approximate surface area is 107 Å². The Balaban J connectivity index is 2.03. The molecule has 0 radical (unpaired) electrons. The van der Waals surface area contributed by atoms with Crippen molar-refractivity contribution in [2.24, 2.45) is 0 Å². The van der Waals surface area contributed by atoms with E-state index >= 15 is 0 Å². The van der Waals surface area contributed by atoms with Crippen LogP contribution >= 0.6 is 11.3 Å². The SMILES string of the molecule is Cc1nc(C(C)C)sc1CNS(=O)(=O)C1CC1. The zero-order valence-electron chi connectivity index (χ0n) is 10.4. The number of aromatic nitrogens is 1. The smallest absolute Gasteiger partial charge is 0.214 e. The minimum Gasteiger partial charge on any atom is -0.246 e. The molecule has 1 aliphatic rings. The molecule has 0 aromatic carbocycles. The molecule has 1 aromatic heterocycles. The third-order valence-corrected chi connectivity index (χ3v) is 6.15. The Morgan fingerprint density at radius 1 is 1.47 bits per heavy atom. The van der Waals surface area contributed by atoms with Gasteiger partial charge in [0, 0.05) is 17.3 Å². The van der Waals surface area contributed by atoms with Gasteiger partial charge in [-0.1, -0.05) is 13.8 Å². The highest BCUT2D eigenvalue weighted by Gasteiger charge is 2.35. The Kier molecular flexibility index (Phi) is 3.56. The molecule has 0 atom stereocenters. The number of nitrogens with one attached hydrogen (secondary N) is 1. The zero-order chi connectivity index (χ0) is 12.6. The molecule has 1 saturated carbocycles. The van der Waals surface area contributed by atoms with E-state index in [1.165, 1.54) is 0 Å². The van der Waals surface area contributed by atoms with E-state index in [0.29, 0.717) is 12.5 Å². The number of aryl methyl sites for hydroxylation is 1. The van der Waals surface area contributed by atoms with Crippen molar-refractivity contribution in [1.29, 1.82) is 0 Å². The van der Waals surface area contributed by atoms with E-state index in [-0.39, 0.29) is 5.25 Å². The van der Waals surface area contributed by atoms with Crippen LogP contribution in [0.5, 0.6) is 0 Å². The maximum absolute atomic E-state index is 11.7. The number of hydrogen-bond donors (Lipinski definition) is 1. The number of hydrogen-bond acceptors (Lipinski definition) is 4. The molecule has 1 aromatic rings. The summed E-state index contributed by atoms with van der Waals surface area (Å²) in [5.74, 6) is 0.396. The van der Waals surface area contributed by atoms with Crippen molar-refractivity contribution in [3.05, 3.63) is 15.6 Å². The molecule has 1 aliphatic carbocycles. The summed E-state index contributed by atoms with van der Waals surface area (Å²) in [4.78, 5) is 5.48. The third-order valence-electron chi connectivity index (χ3n) is 2.80. The van der Waals surface area contributed by atoms with Crippen molar-refractivity contribution >= 4 is 21.4 Å². The summed E-state index contributed by atoms with van der Waals surface area (Å²) in [6.07, 6.45) is 1.60. The van der Waals surface area contributed by atoms with Crippen LogP contribution in [0.1, 0.15) is 48.2 Å². The molecule has 1 N–H and O–H groups in total. The van der Waals surface area contributed by atoms with Crippen molar-refractivity contribution in [3.8, 4) is 0 Å². The van der Waals surface area contributed by atoms with Crippen LogP contribution in [0.2, 0.25) is 0 Å². The van der Waals surface area contributed by atoms with Gasteiger partial charge in [-0.2, -0.15) is 0 Å². The fourth-order valence-electron chi connectivity index (χ4n) is 1.52. The molecule has 0 saturated heterocycles. The quantitative estimate of drug-likeness (QED) is 0.895. The molecule has 1 fully saturated rings. The zero-order valence-corrected chi connectivity index (χ0v) is 12.0. The van der Waals surface area contributed by atoms with Gasteiger partial charge in [0.1, 0.15) is 0 Å². The van der Waals surface area contributed by atoms with Crippen LogP contribution in [0, 0.1) is 6.92 Å². The first-order chi connectivity index (χ1) is 7.90. The molecule has 6 heteroatoms. The monoisotopic (exact) mass is 274 g/mol. The predicted molar refractivity (Wildman–Crippen MR) is 69.7 cm³/mol. The normalized spacial score (nSPS) is 16.7. The van der Waals surface area contributed by atoms with Crippen molar-refractivity contribution < 1.29 is 8.42 Å². The minimum atomic E-state index is -3.08. The van der Waals surface area contributed by atoms with Gasteiger partial charge >= 0.3 is 0 Å². The highest BCUT2D eigenvalue weighted by Crippen LogP contribution is 2.29. The molecular weight excluding hydrogens is 256 g/mol. The lowest BCUT2D eigenvalue weighted by Gasteiger charge is -2.03. The van der Waals surface area contributed by atoms with Gasteiger partial charge in [0.05, 0.1) is 16.0 Å². The van der Waals surface area contributed by atoms with Gasteiger partial charge in [0.15, 0.2) is 0 Å². The van der Waals surface area contributed by atoms with Gasteiger partial charge < -0.3 is 0 Å². The standard InChI is InChI=1S/C11H18N2O2S2/c1-7(2)11-13-8(3)10(16-11)6-12-17(14,15)9-4-5-9/h7,9,12H,4-6H2,1-3H3. The van der Waals surface area contributed by atoms with Crippen LogP contribution < -0.4 is 4.72 Å². The molecule has 1 heterocycles. The topological polar surface area (TPSA) is 59.1 Å². The largest absolute Gasteiger partial charge is 0.246 e. The first-order valence-corrected chi connectivity index (χ1v) is 8.21. The van der Waals surface area contributed by atoms with Crippen LogP contribution in [0.4, 0.5) is 0 Å². The highest BCUT2D eigenvalue weighted by atomic mass is 32.2. The average molecular weight is 274 g/mol. The maximum atomic E-state index is 11.7. The Bertz CT molecular complexity index is 502. The van der Waals surface area contributed by atoms with E-state index in [0.717, 1.165) is 28.4 Å². The second kappa shape index (κ2) is 4.66. The molecule has 0 aliphatic heterocycles. The number of thiazole rings is 1. The lowest BCUT2D eigenvalue weighted by Crippen LogP contribution is -2.26. The number of nitrogens with zero attached hydrogens (tertiary/aromatic N) is 1. The fraction of sp³-hybridized carbons (Fsp3) is 0.727. The van der Waals surface area contributed by atoms with Crippen molar-refractivity contribution in [2.75, 3.05) is 0 Å². The van der Waals surface area contributed by atoms with Crippen LogP contribution in [-0.4, -0.2) is 18.7 Å². The van der Waals surface area contributed by atoms with E-state index in [2.05, 4.69) is 23.6 Å². The number of rotatable bonds is 5. The first-order valence-electron chi connectivity index (χ1n) is 5.85. The summed E-state index contributed by atoms with van der Waals surface area (Å²) < 4.78 is 26.1. The third kappa shape index (κ3) is 3.05. The van der Waals surface area contributed by atoms with Gasteiger partial charge in [0.2, 0.25) is 10.0 Å². The van der Waals surface area contributed by atoms with Gasteiger partial charge in [0.25, 0.3) is 0 Å². The molecule has 17 heavy (non-hydrogen) atoms. The van der Waals surface area contributed by atoms with Gasteiger partial charge in [-0.15, -0.1) is 11.3 Å². The lowest BCUT2D eigenvalue weighted by molar-refractivity contribution is 0.580. The molecule has 96 valence electrons. The maximum Gasteiger partial charge on any atom is 0.214 e. The molecule has 0 spiro atoms. The van der Waals surface area contributed by atoms with Crippen LogP contribution in [0.15, 0.2) is 0 Å². The van der Waals surface area contributed by atoms with E-state index in [4.69, 9.17) is 0 Å². The summed E-state index contributed by atoms with van der Waals surface area (Å²) in [5.41, 5.74) is 0.942. The molecule has 0 bridgehead atoms. The van der Waals surface area contributed by atoms with Gasteiger partial charge in [-0.25, -0.2) is 18.1 Å². The second-order valence-electron chi connectivity index (χ2n) is 4.78. The summed E-state index contributed by atoms with van der Waals surface area (Å²) in [6, 6.07) is 0. The van der Waals surface area contributed by atoms with Crippen LogP contribution in [0.25, 0.3) is 0 Å². The fourth-order valence-corrected chi connectivity index (χ4v) is 3.96. The van der Waals surface area contributed by atoms with Crippen LogP contribution in [0.3, 0.4) is 0 Å². The lowest BCUT2D eigenvalue weighted by atomic mass is 10.2. The number of sulfonamides is 1. The summed E-state index contributed by atoms with van der Waals surface area (Å²) >= 11 is 1.60. The Morgan fingerprint density at radius 3 is 2.59 bits per heavy atom. The first kappa shape index (κ1) is 13.0. The minimum absolute atomic E-state index is 0.153. The van der Waals surface area contributed by atoms with E-state index in [1.54, 1.807) is 11.3 Å². The Morgan fingerprint density at radius 2 is 2.12 bits per heavy atom. The molecule has 0 amide bonds. The van der Waals surface area contributed by atoms with E-state index in [9.17, 15) is 8.42 Å². The Hall–Kier alpha value is -0.460. The summed E-state index contributed by atoms with van der Waals surface area (Å²) in [6.45, 7) is 6.50. The predicted octanol–water partition coefficient (Wildman–Crippen LogP) is 2.16. The van der Waals surface area contributed by atoms with Crippen molar-refractivity contribution in [1.82, 2.24) is 9.71 Å². The van der Waals surface area contributed by atoms with E-state index in [1.807, 2.05) is 6.92 Å². The highest BCUT2D eigenvalue weighted by molar-refractivity contribution is 7.90. The molecule has 4 nitrogen and oxygen atoms in total. The average Bonchev–Trinajstić information content (AvgIpc) is 3.01. The van der Waals surface area contributed by atoms with Gasteiger partial charge in [-0.05, 0) is 19.8 Å². The summed E-state index contributed by atoms with van der Waals surface area (Å²) in [5, 5.41) is 0.920. The van der Waals surface area contributed by atoms with Gasteiger partial charge in [-0.3, -0.25) is 0 Å². The van der Waals surface area contributed by atoms with Crippen molar-refractivity contribution in [2.45, 2.75) is 51.3 Å². The molecule has 0 unspecified atom stereocenters. The molecule has 2 rings (SSSR count).